The molecule has 2 rings (SSSR count). The fraction of sp³-hybridized carbons (Fsp3) is 0.471. The quantitative estimate of drug-likeness (QED) is 0.708. The zero-order chi connectivity index (χ0) is 18.4. The lowest BCUT2D eigenvalue weighted by Crippen LogP contribution is -2.57. The molecule has 1 fully saturated rings. The lowest BCUT2D eigenvalue weighted by atomic mass is 9.89. The van der Waals surface area contributed by atoms with Crippen molar-refractivity contribution < 1.29 is 24.2 Å². The van der Waals surface area contributed by atoms with E-state index in [0.717, 1.165) is 0 Å². The number of rotatable bonds is 6. The van der Waals surface area contributed by atoms with Crippen LogP contribution in [0.4, 0.5) is 0 Å². The number of amides is 2. The Labute approximate surface area is 150 Å². The summed E-state index contributed by atoms with van der Waals surface area (Å²) in [5, 5.41) is 15.4. The van der Waals surface area contributed by atoms with E-state index in [1.54, 1.807) is 24.3 Å². The third-order valence-corrected chi connectivity index (χ3v) is 4.43. The van der Waals surface area contributed by atoms with Crippen LogP contribution in [-0.2, 0) is 19.1 Å². The Balaban J connectivity index is 2.11. The number of carbonyl (C=O) groups is 3. The third-order valence-electron chi connectivity index (χ3n) is 4.17. The van der Waals surface area contributed by atoms with Crippen molar-refractivity contribution in [2.45, 2.75) is 37.8 Å². The summed E-state index contributed by atoms with van der Waals surface area (Å²) >= 11 is 5.87. The van der Waals surface area contributed by atoms with Gasteiger partial charge >= 0.3 is 5.97 Å². The maximum absolute atomic E-state index is 12.5. The van der Waals surface area contributed by atoms with E-state index in [1.165, 1.54) is 6.92 Å². The molecule has 3 N–H and O–H groups in total. The van der Waals surface area contributed by atoms with Gasteiger partial charge in [0.1, 0.15) is 5.54 Å². The van der Waals surface area contributed by atoms with Crippen LogP contribution in [0, 0.1) is 0 Å². The number of hydrogen-bond acceptors (Lipinski definition) is 4. The van der Waals surface area contributed by atoms with E-state index in [4.69, 9.17) is 16.3 Å². The van der Waals surface area contributed by atoms with Crippen molar-refractivity contribution in [3.8, 4) is 0 Å². The number of nitrogens with one attached hydrogen (secondary N) is 2. The standard InChI is InChI=1S/C17H21ClN2O5/c1-11(21)19-14(12-2-4-13(18)5-3-12)10-15(22)20-17(16(23)24)6-8-25-9-7-17/h2-5,14H,6-10H2,1H3,(H,19,21)(H,20,22)(H,23,24). The van der Waals surface area contributed by atoms with Gasteiger partial charge in [0.25, 0.3) is 0 Å². The molecule has 1 aromatic carbocycles. The van der Waals surface area contributed by atoms with Crippen molar-refractivity contribution in [2.24, 2.45) is 0 Å². The van der Waals surface area contributed by atoms with Crippen molar-refractivity contribution >= 4 is 29.4 Å². The van der Waals surface area contributed by atoms with Crippen LogP contribution in [0.3, 0.4) is 0 Å². The molecule has 1 atom stereocenters. The molecule has 0 saturated carbocycles. The molecule has 1 saturated heterocycles. The highest BCUT2D eigenvalue weighted by atomic mass is 35.5. The van der Waals surface area contributed by atoms with E-state index in [1.807, 2.05) is 0 Å². The van der Waals surface area contributed by atoms with Gasteiger partial charge < -0.3 is 20.5 Å². The molecule has 1 aromatic rings. The molecule has 0 aromatic heterocycles. The largest absolute Gasteiger partial charge is 0.480 e. The van der Waals surface area contributed by atoms with Gasteiger partial charge in [-0.2, -0.15) is 0 Å². The number of benzene rings is 1. The summed E-state index contributed by atoms with van der Waals surface area (Å²) in [6.45, 7) is 1.91. The van der Waals surface area contributed by atoms with Crippen LogP contribution in [0.25, 0.3) is 0 Å². The van der Waals surface area contributed by atoms with E-state index < -0.39 is 23.5 Å². The van der Waals surface area contributed by atoms with Crippen molar-refractivity contribution in [3.63, 3.8) is 0 Å². The summed E-state index contributed by atoms with van der Waals surface area (Å²) < 4.78 is 5.19. The summed E-state index contributed by atoms with van der Waals surface area (Å²) in [6.07, 6.45) is 0.344. The zero-order valence-electron chi connectivity index (χ0n) is 13.9. The van der Waals surface area contributed by atoms with Crippen molar-refractivity contribution in [1.82, 2.24) is 10.6 Å². The first kappa shape index (κ1) is 19.2. The first-order valence-corrected chi connectivity index (χ1v) is 8.35. The summed E-state index contributed by atoms with van der Waals surface area (Å²) in [6, 6.07) is 6.21. The highest BCUT2D eigenvalue weighted by Crippen LogP contribution is 2.24. The van der Waals surface area contributed by atoms with Crippen molar-refractivity contribution in [3.05, 3.63) is 34.9 Å². The number of ether oxygens (including phenoxy) is 1. The number of halogens is 1. The second kappa shape index (κ2) is 8.31. The van der Waals surface area contributed by atoms with Crippen LogP contribution < -0.4 is 10.6 Å². The average Bonchev–Trinajstić information content (AvgIpc) is 2.55. The van der Waals surface area contributed by atoms with Gasteiger partial charge in [0.2, 0.25) is 11.8 Å². The fourth-order valence-electron chi connectivity index (χ4n) is 2.81. The molecule has 2 amide bonds. The van der Waals surface area contributed by atoms with Crippen LogP contribution in [0.5, 0.6) is 0 Å². The number of hydrogen-bond donors (Lipinski definition) is 3. The molecule has 0 aliphatic carbocycles. The van der Waals surface area contributed by atoms with E-state index in [9.17, 15) is 19.5 Å². The SMILES string of the molecule is CC(=O)NC(CC(=O)NC1(C(=O)O)CCOCC1)c1ccc(Cl)cc1. The van der Waals surface area contributed by atoms with Gasteiger partial charge in [-0.1, -0.05) is 23.7 Å². The van der Waals surface area contributed by atoms with Crippen molar-refractivity contribution in [2.75, 3.05) is 13.2 Å². The average molecular weight is 369 g/mol. The summed E-state index contributed by atoms with van der Waals surface area (Å²) in [7, 11) is 0. The lowest BCUT2D eigenvalue weighted by Gasteiger charge is -2.34. The van der Waals surface area contributed by atoms with Gasteiger partial charge in [-0.05, 0) is 17.7 Å². The number of carbonyl (C=O) groups excluding carboxylic acids is 2. The van der Waals surface area contributed by atoms with Crippen LogP contribution in [0.2, 0.25) is 5.02 Å². The Morgan fingerprint density at radius 1 is 1.24 bits per heavy atom. The van der Waals surface area contributed by atoms with Crippen LogP contribution in [-0.4, -0.2) is 41.6 Å². The van der Waals surface area contributed by atoms with Gasteiger partial charge in [-0.3, -0.25) is 9.59 Å². The van der Waals surface area contributed by atoms with E-state index >= 15 is 0 Å². The summed E-state index contributed by atoms with van der Waals surface area (Å²) in [4.78, 5) is 35.5. The molecule has 0 bridgehead atoms. The number of aliphatic carboxylic acids is 1. The smallest absolute Gasteiger partial charge is 0.329 e. The molecule has 25 heavy (non-hydrogen) atoms. The summed E-state index contributed by atoms with van der Waals surface area (Å²) in [5.41, 5.74) is -0.609. The Kier molecular flexibility index (Phi) is 6.39. The molecular weight excluding hydrogens is 348 g/mol. The second-order valence-electron chi connectivity index (χ2n) is 6.06. The van der Waals surface area contributed by atoms with Gasteiger partial charge in [-0.15, -0.1) is 0 Å². The number of carboxylic acid groups (broad SMARTS) is 1. The zero-order valence-corrected chi connectivity index (χ0v) is 14.6. The van der Waals surface area contributed by atoms with E-state index in [0.29, 0.717) is 10.6 Å². The highest BCUT2D eigenvalue weighted by molar-refractivity contribution is 6.30. The van der Waals surface area contributed by atoms with Gasteiger partial charge in [0.15, 0.2) is 0 Å². The minimum absolute atomic E-state index is 0.0723. The van der Waals surface area contributed by atoms with Crippen LogP contribution in [0.15, 0.2) is 24.3 Å². The van der Waals surface area contributed by atoms with Crippen LogP contribution >= 0.6 is 11.6 Å². The van der Waals surface area contributed by atoms with Crippen molar-refractivity contribution in [1.29, 1.82) is 0 Å². The minimum Gasteiger partial charge on any atom is -0.480 e. The Morgan fingerprint density at radius 3 is 2.36 bits per heavy atom. The van der Waals surface area contributed by atoms with Gasteiger partial charge in [-0.25, -0.2) is 4.79 Å². The highest BCUT2D eigenvalue weighted by Gasteiger charge is 2.41. The molecule has 136 valence electrons. The predicted molar refractivity (Wildman–Crippen MR) is 91.2 cm³/mol. The molecule has 1 heterocycles. The summed E-state index contributed by atoms with van der Waals surface area (Å²) in [5.74, 6) is -1.81. The minimum atomic E-state index is -1.32. The molecule has 1 aliphatic rings. The molecule has 8 heteroatoms. The van der Waals surface area contributed by atoms with E-state index in [-0.39, 0.29) is 38.4 Å². The molecule has 1 aliphatic heterocycles. The lowest BCUT2D eigenvalue weighted by molar-refractivity contribution is -0.152. The molecule has 0 spiro atoms. The normalized spacial score (nSPS) is 17.4. The monoisotopic (exact) mass is 368 g/mol. The molecule has 1 unspecified atom stereocenters. The first-order valence-electron chi connectivity index (χ1n) is 7.97. The topological polar surface area (TPSA) is 105 Å². The second-order valence-corrected chi connectivity index (χ2v) is 6.49. The Hall–Kier alpha value is -2.12. The predicted octanol–water partition coefficient (Wildman–Crippen LogP) is 1.66. The van der Waals surface area contributed by atoms with E-state index in [2.05, 4.69) is 10.6 Å². The fourth-order valence-corrected chi connectivity index (χ4v) is 2.93. The molecular formula is C17H21ClN2O5. The Morgan fingerprint density at radius 2 is 1.84 bits per heavy atom. The van der Waals surface area contributed by atoms with Crippen LogP contribution in [0.1, 0.15) is 37.8 Å². The molecule has 7 nitrogen and oxygen atoms in total. The third kappa shape index (κ3) is 5.17. The Bertz CT molecular complexity index is 641. The maximum atomic E-state index is 12.5. The maximum Gasteiger partial charge on any atom is 0.329 e. The van der Waals surface area contributed by atoms with Gasteiger partial charge in [0, 0.05) is 38.0 Å². The van der Waals surface area contributed by atoms with Gasteiger partial charge in [0.05, 0.1) is 12.5 Å². The first-order chi connectivity index (χ1) is 11.8. The number of carboxylic acids is 1. The molecule has 0 radical (unpaired) electrons.